The van der Waals surface area contributed by atoms with E-state index < -0.39 is 11.7 Å². The summed E-state index contributed by atoms with van der Waals surface area (Å²) in [6.45, 7) is 9.00. The number of anilines is 1. The highest BCUT2D eigenvalue weighted by Crippen LogP contribution is 2.27. The number of amides is 2. The fourth-order valence-corrected chi connectivity index (χ4v) is 4.36. The van der Waals surface area contributed by atoms with Crippen molar-refractivity contribution in [3.05, 3.63) is 59.4 Å². The van der Waals surface area contributed by atoms with Crippen molar-refractivity contribution in [1.82, 2.24) is 9.80 Å². The summed E-state index contributed by atoms with van der Waals surface area (Å²) in [5.74, 6) is -0.494. The van der Waals surface area contributed by atoms with Gasteiger partial charge < -0.3 is 19.7 Å². The predicted molar refractivity (Wildman–Crippen MR) is 135 cm³/mol. The number of halogens is 1. The third kappa shape index (κ3) is 6.80. The molecule has 1 N–H and O–H groups in total. The molecule has 0 spiro atoms. The molecule has 190 valence electrons. The first kappa shape index (κ1) is 26.6. The van der Waals surface area contributed by atoms with Gasteiger partial charge in [0.1, 0.15) is 18.2 Å². The highest BCUT2D eigenvalue weighted by Gasteiger charge is 2.28. The Morgan fingerprint density at radius 3 is 2.66 bits per heavy atom. The Hall–Kier alpha value is -2.97. The smallest absolute Gasteiger partial charge is 0.257 e. The minimum atomic E-state index is -0.485. The van der Waals surface area contributed by atoms with Gasteiger partial charge in [0.25, 0.3) is 11.8 Å². The summed E-state index contributed by atoms with van der Waals surface area (Å²) in [6, 6.07) is 10.6. The monoisotopic (exact) mass is 485 g/mol. The molecule has 1 heterocycles. The molecule has 2 amide bonds. The van der Waals surface area contributed by atoms with E-state index in [0.717, 1.165) is 19.5 Å². The number of likely N-dealkylation sites (N-methyl/N-ethyl adjacent to an activating group) is 1. The lowest BCUT2D eigenvalue weighted by Crippen LogP contribution is -2.46. The van der Waals surface area contributed by atoms with E-state index >= 15 is 0 Å². The van der Waals surface area contributed by atoms with Crippen LogP contribution < -0.4 is 10.1 Å². The van der Waals surface area contributed by atoms with Gasteiger partial charge in [-0.05, 0) is 56.1 Å². The number of carbonyl (C=O) groups is 2. The van der Waals surface area contributed by atoms with E-state index in [4.69, 9.17) is 9.47 Å². The van der Waals surface area contributed by atoms with Crippen molar-refractivity contribution in [2.75, 3.05) is 45.7 Å². The van der Waals surface area contributed by atoms with Gasteiger partial charge >= 0.3 is 0 Å². The molecular weight excluding hydrogens is 449 g/mol. The largest absolute Gasteiger partial charge is 0.491 e. The van der Waals surface area contributed by atoms with E-state index in [1.807, 2.05) is 0 Å². The number of rotatable bonds is 5. The standard InChI is InChI=1S/C27H36FN3O4/c1-6-12-31-15-18(2)25(34-5)16-30(4)27(33)23-11-10-22(14-24(23)35-17-19(31)3)29-26(32)20-8-7-9-21(28)13-20/h7-11,13-14,18-19,25H,6,12,15-17H2,1-5H3,(H,29,32)/t18-,19-,25-/m0/s1. The molecule has 3 rings (SSSR count). The minimum Gasteiger partial charge on any atom is -0.491 e. The van der Waals surface area contributed by atoms with Gasteiger partial charge in [-0.2, -0.15) is 0 Å². The molecule has 0 saturated carbocycles. The zero-order valence-corrected chi connectivity index (χ0v) is 21.2. The van der Waals surface area contributed by atoms with Crippen LogP contribution in [0.25, 0.3) is 0 Å². The molecule has 0 radical (unpaired) electrons. The van der Waals surface area contributed by atoms with E-state index in [1.165, 1.54) is 18.2 Å². The Bertz CT molecular complexity index is 1030. The van der Waals surface area contributed by atoms with Crippen LogP contribution in [0.3, 0.4) is 0 Å². The number of methoxy groups -OCH3 is 1. The van der Waals surface area contributed by atoms with Crippen LogP contribution in [0.4, 0.5) is 10.1 Å². The molecule has 8 heteroatoms. The summed E-state index contributed by atoms with van der Waals surface area (Å²) in [5.41, 5.74) is 1.08. The normalized spacial score (nSPS) is 21.9. The number of ether oxygens (including phenoxy) is 2. The van der Waals surface area contributed by atoms with Gasteiger partial charge in [-0.25, -0.2) is 4.39 Å². The summed E-state index contributed by atoms with van der Waals surface area (Å²) in [7, 11) is 3.44. The quantitative estimate of drug-likeness (QED) is 0.684. The Labute approximate surface area is 207 Å². The molecule has 0 saturated heterocycles. The maximum absolute atomic E-state index is 13.5. The Balaban J connectivity index is 1.91. The third-order valence-corrected chi connectivity index (χ3v) is 6.43. The maximum atomic E-state index is 13.5. The molecule has 1 aliphatic heterocycles. The van der Waals surface area contributed by atoms with Gasteiger partial charge in [-0.1, -0.05) is 19.9 Å². The Morgan fingerprint density at radius 1 is 1.20 bits per heavy atom. The van der Waals surface area contributed by atoms with Crippen LogP contribution in [0.5, 0.6) is 5.75 Å². The topological polar surface area (TPSA) is 71.1 Å². The lowest BCUT2D eigenvalue weighted by Gasteiger charge is -2.35. The van der Waals surface area contributed by atoms with Gasteiger partial charge in [0.15, 0.2) is 0 Å². The molecular formula is C27H36FN3O4. The number of nitrogens with zero attached hydrogens (tertiary/aromatic N) is 2. The lowest BCUT2D eigenvalue weighted by atomic mass is 10.0. The van der Waals surface area contributed by atoms with E-state index in [1.54, 1.807) is 43.3 Å². The summed E-state index contributed by atoms with van der Waals surface area (Å²) in [5, 5.41) is 2.77. The van der Waals surface area contributed by atoms with Gasteiger partial charge in [0.2, 0.25) is 0 Å². The summed E-state index contributed by atoms with van der Waals surface area (Å²) >= 11 is 0. The molecule has 0 aliphatic carbocycles. The van der Waals surface area contributed by atoms with Crippen molar-refractivity contribution in [1.29, 1.82) is 0 Å². The zero-order valence-electron chi connectivity index (χ0n) is 21.2. The summed E-state index contributed by atoms with van der Waals surface area (Å²) < 4.78 is 25.5. The van der Waals surface area contributed by atoms with Crippen molar-refractivity contribution in [3.63, 3.8) is 0 Å². The van der Waals surface area contributed by atoms with Crippen molar-refractivity contribution in [2.45, 2.75) is 39.3 Å². The fourth-order valence-electron chi connectivity index (χ4n) is 4.36. The molecule has 0 aromatic heterocycles. The second-order valence-electron chi connectivity index (χ2n) is 9.27. The van der Waals surface area contributed by atoms with Crippen molar-refractivity contribution in [2.24, 2.45) is 5.92 Å². The fraction of sp³-hybridized carbons (Fsp3) is 0.481. The highest BCUT2D eigenvalue weighted by atomic mass is 19.1. The van der Waals surface area contributed by atoms with Gasteiger partial charge in [0, 0.05) is 50.6 Å². The molecule has 2 aromatic rings. The lowest BCUT2D eigenvalue weighted by molar-refractivity contribution is 0.0108. The summed E-state index contributed by atoms with van der Waals surface area (Å²) in [6.07, 6.45) is 0.907. The number of hydrogen-bond donors (Lipinski definition) is 1. The molecule has 0 bridgehead atoms. The summed E-state index contributed by atoms with van der Waals surface area (Å²) in [4.78, 5) is 30.0. The SMILES string of the molecule is CCCN1C[C@H](C)[C@@H](OC)CN(C)C(=O)c2ccc(NC(=O)c3cccc(F)c3)cc2OC[C@@H]1C. The first-order chi connectivity index (χ1) is 16.7. The molecule has 2 aromatic carbocycles. The van der Waals surface area contributed by atoms with Crippen LogP contribution in [-0.2, 0) is 4.74 Å². The molecule has 35 heavy (non-hydrogen) atoms. The van der Waals surface area contributed by atoms with Crippen LogP contribution in [-0.4, -0.2) is 74.2 Å². The molecule has 7 nitrogen and oxygen atoms in total. The molecule has 0 fully saturated rings. The third-order valence-electron chi connectivity index (χ3n) is 6.43. The van der Waals surface area contributed by atoms with E-state index in [2.05, 4.69) is 31.0 Å². The van der Waals surface area contributed by atoms with Gasteiger partial charge in [-0.3, -0.25) is 14.5 Å². The number of benzene rings is 2. The van der Waals surface area contributed by atoms with Crippen molar-refractivity contribution >= 4 is 17.5 Å². The minimum absolute atomic E-state index is 0.107. The van der Waals surface area contributed by atoms with Gasteiger partial charge in [-0.15, -0.1) is 0 Å². The van der Waals surface area contributed by atoms with E-state index in [0.29, 0.717) is 30.2 Å². The predicted octanol–water partition coefficient (Wildman–Crippen LogP) is 4.29. The van der Waals surface area contributed by atoms with Crippen LogP contribution in [0.15, 0.2) is 42.5 Å². The van der Waals surface area contributed by atoms with Crippen LogP contribution >= 0.6 is 0 Å². The van der Waals surface area contributed by atoms with E-state index in [9.17, 15) is 14.0 Å². The highest BCUT2D eigenvalue weighted by molar-refractivity contribution is 6.05. The van der Waals surface area contributed by atoms with Gasteiger partial charge in [0.05, 0.1) is 11.7 Å². The number of carbonyl (C=O) groups excluding carboxylic acids is 2. The first-order valence-electron chi connectivity index (χ1n) is 12.1. The molecule has 1 aliphatic rings. The Morgan fingerprint density at radius 2 is 1.97 bits per heavy atom. The molecule has 0 unspecified atom stereocenters. The Kier molecular flexibility index (Phi) is 9.23. The molecule has 3 atom stereocenters. The van der Waals surface area contributed by atoms with Crippen molar-refractivity contribution < 1.29 is 23.5 Å². The second kappa shape index (κ2) is 12.1. The van der Waals surface area contributed by atoms with E-state index in [-0.39, 0.29) is 29.5 Å². The average Bonchev–Trinajstić information content (AvgIpc) is 2.84. The maximum Gasteiger partial charge on any atom is 0.257 e. The van der Waals surface area contributed by atoms with Crippen molar-refractivity contribution in [3.8, 4) is 5.75 Å². The average molecular weight is 486 g/mol. The second-order valence-corrected chi connectivity index (χ2v) is 9.27. The number of nitrogens with one attached hydrogen (secondary N) is 1. The van der Waals surface area contributed by atoms with Crippen LogP contribution in [0.2, 0.25) is 0 Å². The zero-order chi connectivity index (χ0) is 25.5. The number of hydrogen-bond acceptors (Lipinski definition) is 5. The van der Waals surface area contributed by atoms with Crippen LogP contribution in [0.1, 0.15) is 47.9 Å². The number of fused-ring (bicyclic) bond motifs is 1. The first-order valence-corrected chi connectivity index (χ1v) is 12.1. The van der Waals surface area contributed by atoms with Crippen LogP contribution in [0, 0.1) is 11.7 Å².